The van der Waals surface area contributed by atoms with E-state index in [9.17, 15) is 9.59 Å². The van der Waals surface area contributed by atoms with Crippen LogP contribution in [0.1, 0.15) is 104 Å². The van der Waals surface area contributed by atoms with Crippen molar-refractivity contribution in [1.29, 1.82) is 0 Å². The average Bonchev–Trinajstić information content (AvgIpc) is 2.96. The van der Waals surface area contributed by atoms with Gasteiger partial charge in [0.1, 0.15) is 13.2 Å². The molecule has 0 N–H and O–H groups in total. The molecule has 0 fully saturated rings. The van der Waals surface area contributed by atoms with E-state index in [4.69, 9.17) is 23.7 Å². The molecule has 0 heterocycles. The Hall–Kier alpha value is -1.74. The normalized spacial score (nSPS) is 11.7. The van der Waals surface area contributed by atoms with E-state index in [1.165, 1.54) is 38.5 Å². The number of hydrogen-bond acceptors (Lipinski definition) is 8. The third kappa shape index (κ3) is 32.6. The summed E-state index contributed by atoms with van der Waals surface area (Å²) in [6, 6.07) is 0. The highest BCUT2D eigenvalue weighted by molar-refractivity contribution is 5.69. The van der Waals surface area contributed by atoms with Crippen LogP contribution in [0, 0.1) is 0 Å². The minimum Gasteiger partial charge on any atom is -0.463 e. The Bertz CT molecular complexity index is 639. The maximum atomic E-state index is 11.8. The van der Waals surface area contributed by atoms with Crippen molar-refractivity contribution in [2.24, 2.45) is 0 Å². The topological polar surface area (TPSA) is 83.5 Å². The molecule has 0 saturated carbocycles. The van der Waals surface area contributed by atoms with E-state index in [1.807, 2.05) is 7.05 Å². The highest BCUT2D eigenvalue weighted by atomic mass is 16.6. The predicted octanol–water partition coefficient (Wildman–Crippen LogP) is 6.67. The van der Waals surface area contributed by atoms with Crippen molar-refractivity contribution in [3.8, 4) is 0 Å². The molecule has 0 aliphatic carbocycles. The number of esters is 2. The fourth-order valence-corrected chi connectivity index (χ4v) is 3.77. The average molecular weight is 584 g/mol. The van der Waals surface area contributed by atoms with E-state index in [-0.39, 0.29) is 18.5 Å². The highest BCUT2D eigenvalue weighted by Crippen LogP contribution is 2.04. The van der Waals surface area contributed by atoms with Gasteiger partial charge in [-0.3, -0.25) is 9.59 Å². The summed E-state index contributed by atoms with van der Waals surface area (Å²) < 4.78 is 27.0. The molecule has 0 radical (unpaired) electrons. The van der Waals surface area contributed by atoms with Crippen LogP contribution in [0.5, 0.6) is 0 Å². The van der Waals surface area contributed by atoms with Gasteiger partial charge in [-0.05, 0) is 58.4 Å². The first kappa shape index (κ1) is 39.3. The summed E-state index contributed by atoms with van der Waals surface area (Å²) in [5.41, 5.74) is 0. The number of carbonyl (C=O) groups is 2. The standard InChI is InChI=1S/C33H61NO7/c1-4-6-8-10-12-14-16-18-20-32(35)40-30-28-38-25-23-34(3)22-24-37-26-27-39-29-31-41-33(36)21-19-17-15-13-11-9-7-5-2/h12-15H,4-11,16-31H2,1-3H3/b14-12+,15-13+. The number of hydrogen-bond donors (Lipinski definition) is 0. The first-order valence-electron chi connectivity index (χ1n) is 16.1. The molecule has 0 bridgehead atoms. The van der Waals surface area contributed by atoms with Crippen LogP contribution in [-0.4, -0.2) is 89.8 Å². The van der Waals surface area contributed by atoms with Crippen molar-refractivity contribution in [2.45, 2.75) is 104 Å². The van der Waals surface area contributed by atoms with E-state index in [0.29, 0.717) is 59.1 Å². The lowest BCUT2D eigenvalue weighted by Gasteiger charge is -2.16. The molecule has 0 aliphatic rings. The summed E-state index contributed by atoms with van der Waals surface area (Å²) in [4.78, 5) is 25.6. The van der Waals surface area contributed by atoms with Gasteiger partial charge in [0.05, 0.1) is 39.6 Å². The van der Waals surface area contributed by atoms with E-state index >= 15 is 0 Å². The molecule has 0 amide bonds. The summed E-state index contributed by atoms with van der Waals surface area (Å²) in [5.74, 6) is -0.316. The Kier molecular flexibility index (Phi) is 31.4. The second kappa shape index (κ2) is 32.8. The van der Waals surface area contributed by atoms with Crippen molar-refractivity contribution < 1.29 is 33.3 Å². The molecule has 240 valence electrons. The van der Waals surface area contributed by atoms with E-state index in [0.717, 1.165) is 51.6 Å². The van der Waals surface area contributed by atoms with Crippen molar-refractivity contribution in [3.05, 3.63) is 24.3 Å². The van der Waals surface area contributed by atoms with E-state index in [2.05, 4.69) is 43.1 Å². The molecule has 0 rings (SSSR count). The molecule has 0 aromatic heterocycles. The quantitative estimate of drug-likeness (QED) is 0.0509. The number of rotatable bonds is 31. The van der Waals surface area contributed by atoms with Crippen LogP contribution < -0.4 is 0 Å². The Morgan fingerprint density at radius 3 is 1.29 bits per heavy atom. The van der Waals surface area contributed by atoms with Crippen LogP contribution in [-0.2, 0) is 33.3 Å². The van der Waals surface area contributed by atoms with Gasteiger partial charge in [-0.2, -0.15) is 0 Å². The molecular formula is C33H61NO7. The van der Waals surface area contributed by atoms with Crippen LogP contribution in [0.2, 0.25) is 0 Å². The molecule has 8 nitrogen and oxygen atoms in total. The number of allylic oxidation sites excluding steroid dienone is 4. The SMILES string of the molecule is CCCCC/C=C/CCCC(=O)OCCOCCOCCN(C)CCOCCOC(=O)CCC/C=C/CCCCC. The maximum Gasteiger partial charge on any atom is 0.305 e. The minimum absolute atomic E-state index is 0.154. The van der Waals surface area contributed by atoms with E-state index < -0.39 is 0 Å². The fourth-order valence-electron chi connectivity index (χ4n) is 3.77. The Morgan fingerprint density at radius 1 is 0.512 bits per heavy atom. The number of carbonyl (C=O) groups excluding carboxylic acids is 2. The van der Waals surface area contributed by atoms with Gasteiger partial charge in [0.2, 0.25) is 0 Å². The van der Waals surface area contributed by atoms with Gasteiger partial charge in [-0.15, -0.1) is 0 Å². The van der Waals surface area contributed by atoms with Crippen LogP contribution in [0.25, 0.3) is 0 Å². The van der Waals surface area contributed by atoms with Gasteiger partial charge in [0, 0.05) is 25.9 Å². The summed E-state index contributed by atoms with van der Waals surface area (Å²) in [6.07, 6.45) is 23.0. The molecule has 0 atom stereocenters. The molecule has 8 heteroatoms. The molecular weight excluding hydrogens is 522 g/mol. The smallest absolute Gasteiger partial charge is 0.305 e. The molecule has 0 saturated heterocycles. The first-order valence-corrected chi connectivity index (χ1v) is 16.1. The summed E-state index contributed by atoms with van der Waals surface area (Å²) >= 11 is 0. The van der Waals surface area contributed by atoms with Crippen LogP contribution in [0.15, 0.2) is 24.3 Å². The van der Waals surface area contributed by atoms with Crippen LogP contribution in [0.4, 0.5) is 0 Å². The monoisotopic (exact) mass is 583 g/mol. The lowest BCUT2D eigenvalue weighted by molar-refractivity contribution is -0.146. The third-order valence-electron chi connectivity index (χ3n) is 6.37. The second-order valence-corrected chi connectivity index (χ2v) is 10.3. The largest absolute Gasteiger partial charge is 0.463 e. The van der Waals surface area contributed by atoms with Gasteiger partial charge in [-0.1, -0.05) is 63.8 Å². The predicted molar refractivity (Wildman–Crippen MR) is 166 cm³/mol. The van der Waals surface area contributed by atoms with Crippen molar-refractivity contribution in [3.63, 3.8) is 0 Å². The maximum absolute atomic E-state index is 11.8. The minimum atomic E-state index is -0.163. The van der Waals surface area contributed by atoms with Gasteiger partial charge < -0.3 is 28.6 Å². The van der Waals surface area contributed by atoms with Crippen molar-refractivity contribution in [1.82, 2.24) is 4.90 Å². The fraction of sp³-hybridized carbons (Fsp3) is 0.818. The van der Waals surface area contributed by atoms with Crippen molar-refractivity contribution >= 4 is 11.9 Å². The van der Waals surface area contributed by atoms with Crippen LogP contribution in [0.3, 0.4) is 0 Å². The van der Waals surface area contributed by atoms with Crippen LogP contribution >= 0.6 is 0 Å². The third-order valence-corrected chi connectivity index (χ3v) is 6.37. The zero-order valence-electron chi connectivity index (χ0n) is 26.6. The Labute approximate surface area is 251 Å². The summed E-state index contributed by atoms with van der Waals surface area (Å²) in [7, 11) is 2.01. The lowest BCUT2D eigenvalue weighted by Crippen LogP contribution is -2.28. The Balaban J connectivity index is 3.38. The zero-order chi connectivity index (χ0) is 30.1. The lowest BCUT2D eigenvalue weighted by atomic mass is 10.1. The molecule has 41 heavy (non-hydrogen) atoms. The first-order chi connectivity index (χ1) is 20.1. The van der Waals surface area contributed by atoms with Gasteiger partial charge in [0.25, 0.3) is 0 Å². The molecule has 0 unspecified atom stereocenters. The summed E-state index contributed by atoms with van der Waals surface area (Å²) in [5, 5.41) is 0. The van der Waals surface area contributed by atoms with E-state index in [1.54, 1.807) is 0 Å². The molecule has 0 aromatic carbocycles. The molecule has 0 aromatic rings. The van der Waals surface area contributed by atoms with Crippen molar-refractivity contribution in [2.75, 3.05) is 73.0 Å². The van der Waals surface area contributed by atoms with Gasteiger partial charge >= 0.3 is 11.9 Å². The highest BCUT2D eigenvalue weighted by Gasteiger charge is 2.04. The van der Waals surface area contributed by atoms with Gasteiger partial charge in [0.15, 0.2) is 0 Å². The summed E-state index contributed by atoms with van der Waals surface area (Å²) in [6.45, 7) is 9.52. The molecule has 0 aliphatic heterocycles. The number of ether oxygens (including phenoxy) is 5. The number of unbranched alkanes of at least 4 members (excludes halogenated alkanes) is 8. The number of likely N-dealkylation sites (N-methyl/N-ethyl adjacent to an activating group) is 1. The number of nitrogens with zero attached hydrogens (tertiary/aromatic N) is 1. The second-order valence-electron chi connectivity index (χ2n) is 10.3. The zero-order valence-corrected chi connectivity index (χ0v) is 26.6. The molecule has 0 spiro atoms. The Morgan fingerprint density at radius 2 is 0.878 bits per heavy atom. The van der Waals surface area contributed by atoms with Gasteiger partial charge in [-0.25, -0.2) is 0 Å².